The van der Waals surface area contributed by atoms with Gasteiger partial charge in [0.15, 0.2) is 0 Å². The first kappa shape index (κ1) is 20.3. The van der Waals surface area contributed by atoms with Crippen molar-refractivity contribution >= 4 is 35.1 Å². The van der Waals surface area contributed by atoms with Gasteiger partial charge in [0.2, 0.25) is 18.2 Å². The van der Waals surface area contributed by atoms with Gasteiger partial charge in [0.1, 0.15) is 0 Å². The van der Waals surface area contributed by atoms with Crippen LogP contribution in [0.15, 0.2) is 66.7 Å². The zero-order valence-corrected chi connectivity index (χ0v) is 17.6. The molecular weight excluding hydrogens is 391 g/mol. The molecule has 0 N–H and O–H groups in total. The number of hydrogen-bond acceptors (Lipinski definition) is 3. The number of aryl methyl sites for hydroxylation is 3. The van der Waals surface area contributed by atoms with Crippen molar-refractivity contribution in [2.45, 2.75) is 20.8 Å². The summed E-state index contributed by atoms with van der Waals surface area (Å²) in [5, 5.41) is 0.405. The molecule has 0 aliphatic rings. The van der Waals surface area contributed by atoms with Crippen LogP contribution in [0, 0.1) is 20.8 Å². The molecule has 0 amide bonds. The molecule has 0 aliphatic carbocycles. The molecule has 3 nitrogen and oxygen atoms in total. The third-order valence-corrected chi connectivity index (χ3v) is 7.75. The van der Waals surface area contributed by atoms with E-state index in [4.69, 9.17) is 11.6 Å². The summed E-state index contributed by atoms with van der Waals surface area (Å²) in [7, 11) is -4.17. The average Bonchev–Trinajstić information content (AvgIpc) is 2.67. The predicted molar refractivity (Wildman–Crippen MR) is 114 cm³/mol. The van der Waals surface area contributed by atoms with Crippen molar-refractivity contribution in [1.82, 2.24) is 0 Å². The molecule has 0 spiro atoms. The van der Waals surface area contributed by atoms with Crippen molar-refractivity contribution in [2.75, 3.05) is 0 Å². The molecule has 1 atom stereocenters. The van der Waals surface area contributed by atoms with Gasteiger partial charge in [0, 0.05) is 16.4 Å². The number of carbonyl (C=O) groups is 2. The van der Waals surface area contributed by atoms with Crippen LogP contribution in [-0.4, -0.2) is 11.0 Å². The maximum atomic E-state index is 14.3. The Morgan fingerprint density at radius 3 is 1.68 bits per heavy atom. The highest BCUT2D eigenvalue weighted by molar-refractivity contribution is 8.01. The standard InChI is InChI=1S/C23H20ClO3P/c1-15-9-7-10-16(2)20(15)22(25)28(27,18-12-5-4-6-13-18)23(26)21-17(3)11-8-14-19(21)24/h4-14H,1-3H3. The van der Waals surface area contributed by atoms with E-state index >= 15 is 0 Å². The molecule has 0 aromatic heterocycles. The van der Waals surface area contributed by atoms with Crippen LogP contribution in [0.25, 0.3) is 0 Å². The molecule has 28 heavy (non-hydrogen) atoms. The zero-order chi connectivity index (χ0) is 20.5. The molecule has 142 valence electrons. The van der Waals surface area contributed by atoms with E-state index in [1.807, 2.05) is 6.07 Å². The highest BCUT2D eigenvalue weighted by Crippen LogP contribution is 2.52. The first-order valence-electron chi connectivity index (χ1n) is 8.85. The summed E-state index contributed by atoms with van der Waals surface area (Å²) in [6.45, 7) is 5.28. The van der Waals surface area contributed by atoms with Crippen molar-refractivity contribution in [3.63, 3.8) is 0 Å². The molecule has 0 radical (unpaired) electrons. The Morgan fingerprint density at radius 1 is 0.679 bits per heavy atom. The summed E-state index contributed by atoms with van der Waals surface area (Å²) in [4.78, 5) is 27.2. The molecule has 0 aliphatic heterocycles. The number of benzene rings is 3. The third kappa shape index (κ3) is 3.37. The van der Waals surface area contributed by atoms with Crippen LogP contribution in [-0.2, 0) is 4.57 Å². The highest BCUT2D eigenvalue weighted by atomic mass is 35.5. The van der Waals surface area contributed by atoms with E-state index in [-0.39, 0.29) is 15.9 Å². The highest BCUT2D eigenvalue weighted by Gasteiger charge is 2.44. The van der Waals surface area contributed by atoms with Crippen molar-refractivity contribution < 1.29 is 14.2 Å². The molecule has 0 fully saturated rings. The molecule has 3 aromatic carbocycles. The van der Waals surface area contributed by atoms with E-state index in [1.54, 1.807) is 81.4 Å². The van der Waals surface area contributed by atoms with E-state index in [0.29, 0.717) is 22.3 Å². The van der Waals surface area contributed by atoms with Crippen LogP contribution in [0.3, 0.4) is 0 Å². The zero-order valence-electron chi connectivity index (χ0n) is 15.9. The molecule has 1 unspecified atom stereocenters. The van der Waals surface area contributed by atoms with Gasteiger partial charge in [-0.2, -0.15) is 0 Å². The Kier molecular flexibility index (Phi) is 5.69. The normalized spacial score (nSPS) is 13.0. The number of halogens is 1. The Bertz CT molecular complexity index is 1010. The minimum atomic E-state index is -4.17. The van der Waals surface area contributed by atoms with Crippen LogP contribution < -0.4 is 5.30 Å². The second-order valence-corrected chi connectivity index (χ2v) is 9.71. The van der Waals surface area contributed by atoms with Crippen LogP contribution in [0.4, 0.5) is 0 Å². The lowest BCUT2D eigenvalue weighted by molar-refractivity contribution is 0.104. The SMILES string of the molecule is Cc1cccc(C)c1C(=O)P(=O)(C(=O)c1c(C)cccc1Cl)c1ccccc1. The summed E-state index contributed by atoms with van der Waals surface area (Å²) in [5.41, 5.74) is 1.04. The predicted octanol–water partition coefficient (Wildman–Crippen LogP) is 5.93. The molecule has 0 saturated carbocycles. The third-order valence-electron chi connectivity index (χ3n) is 4.82. The fourth-order valence-corrected chi connectivity index (χ4v) is 6.23. The topological polar surface area (TPSA) is 51.2 Å². The maximum absolute atomic E-state index is 14.3. The first-order chi connectivity index (χ1) is 13.3. The van der Waals surface area contributed by atoms with Crippen LogP contribution in [0.1, 0.15) is 37.4 Å². The van der Waals surface area contributed by atoms with E-state index in [9.17, 15) is 14.2 Å². The lowest BCUT2D eigenvalue weighted by atomic mass is 10.0. The van der Waals surface area contributed by atoms with Gasteiger partial charge in [-0.3, -0.25) is 9.59 Å². The fourth-order valence-electron chi connectivity index (χ4n) is 3.33. The Labute approximate surface area is 169 Å². The fraction of sp³-hybridized carbons (Fsp3) is 0.130. The largest absolute Gasteiger partial charge is 0.302 e. The Hall–Kier alpha value is -2.48. The van der Waals surface area contributed by atoms with Crippen molar-refractivity contribution in [3.8, 4) is 0 Å². The maximum Gasteiger partial charge on any atom is 0.248 e. The molecule has 5 heteroatoms. The van der Waals surface area contributed by atoms with Gasteiger partial charge in [-0.15, -0.1) is 0 Å². The summed E-state index contributed by atoms with van der Waals surface area (Å²) in [5.74, 6) is 0. The summed E-state index contributed by atoms with van der Waals surface area (Å²) in [6.07, 6.45) is 0. The lowest BCUT2D eigenvalue weighted by Gasteiger charge is -2.20. The van der Waals surface area contributed by atoms with Crippen molar-refractivity contribution in [1.29, 1.82) is 0 Å². The van der Waals surface area contributed by atoms with Gasteiger partial charge in [-0.25, -0.2) is 0 Å². The number of carbonyl (C=O) groups excluding carboxylic acids is 2. The smallest absolute Gasteiger partial charge is 0.248 e. The van der Waals surface area contributed by atoms with Crippen molar-refractivity contribution in [2.24, 2.45) is 0 Å². The van der Waals surface area contributed by atoms with Crippen LogP contribution in [0.2, 0.25) is 5.02 Å². The number of hydrogen-bond donors (Lipinski definition) is 0. The molecule has 0 bridgehead atoms. The van der Waals surface area contributed by atoms with Crippen molar-refractivity contribution in [3.05, 3.63) is 99.6 Å². The molecule has 0 heterocycles. The van der Waals surface area contributed by atoms with E-state index < -0.39 is 18.2 Å². The first-order valence-corrected chi connectivity index (χ1v) is 10.9. The lowest BCUT2D eigenvalue weighted by Crippen LogP contribution is -2.22. The van der Waals surface area contributed by atoms with Gasteiger partial charge in [-0.05, 0) is 43.5 Å². The minimum Gasteiger partial charge on any atom is -0.302 e. The quantitative estimate of drug-likeness (QED) is 0.489. The summed E-state index contributed by atoms with van der Waals surface area (Å²) < 4.78 is 14.3. The van der Waals surface area contributed by atoms with Crippen LogP contribution >= 0.6 is 18.7 Å². The Balaban J connectivity index is 2.31. The molecule has 3 aromatic rings. The van der Waals surface area contributed by atoms with E-state index in [0.717, 1.165) is 0 Å². The molecular formula is C23H20ClO3P. The second kappa shape index (κ2) is 7.87. The van der Waals surface area contributed by atoms with Crippen LogP contribution in [0.5, 0.6) is 0 Å². The van der Waals surface area contributed by atoms with E-state index in [2.05, 4.69) is 0 Å². The van der Waals surface area contributed by atoms with E-state index in [1.165, 1.54) is 0 Å². The minimum absolute atomic E-state index is 0.135. The number of rotatable bonds is 5. The summed E-state index contributed by atoms with van der Waals surface area (Å²) >= 11 is 6.28. The second-order valence-electron chi connectivity index (χ2n) is 6.75. The van der Waals surface area contributed by atoms with Gasteiger partial charge in [0.25, 0.3) is 0 Å². The van der Waals surface area contributed by atoms with Gasteiger partial charge in [0.05, 0.1) is 5.02 Å². The Morgan fingerprint density at radius 2 is 1.14 bits per heavy atom. The van der Waals surface area contributed by atoms with Gasteiger partial charge >= 0.3 is 0 Å². The molecule has 0 saturated heterocycles. The van der Waals surface area contributed by atoms with Gasteiger partial charge < -0.3 is 4.57 Å². The molecule has 3 rings (SSSR count). The monoisotopic (exact) mass is 410 g/mol. The van der Waals surface area contributed by atoms with Gasteiger partial charge in [-0.1, -0.05) is 72.3 Å². The average molecular weight is 411 g/mol. The summed E-state index contributed by atoms with van der Waals surface area (Å²) in [6, 6.07) is 18.6.